The van der Waals surface area contributed by atoms with Crippen molar-refractivity contribution in [3.8, 4) is 31.0 Å². The van der Waals surface area contributed by atoms with Crippen LogP contribution < -0.4 is 9.47 Å². The normalized spacial score (nSPS) is 13.1. The van der Waals surface area contributed by atoms with Crippen LogP contribution >= 0.6 is 45.3 Å². The van der Waals surface area contributed by atoms with Gasteiger partial charge in [0.2, 0.25) is 0 Å². The first kappa shape index (κ1) is 41.3. The smallest absolute Gasteiger partial charge is 0.129 e. The van der Waals surface area contributed by atoms with Crippen molar-refractivity contribution in [1.29, 1.82) is 0 Å². The Bertz CT molecular complexity index is 2010. The van der Waals surface area contributed by atoms with Gasteiger partial charge in [0.15, 0.2) is 0 Å². The summed E-state index contributed by atoms with van der Waals surface area (Å²) in [6.45, 7) is 15.3. The molecule has 2 unspecified atom stereocenters. The van der Waals surface area contributed by atoms with Crippen LogP contribution in [-0.4, -0.2) is 13.2 Å². The number of benzene rings is 2. The molecule has 0 aliphatic rings. The second kappa shape index (κ2) is 20.7. The van der Waals surface area contributed by atoms with Crippen LogP contribution in [0.4, 0.5) is 0 Å². The Labute approximate surface area is 342 Å². The molecule has 4 aromatic heterocycles. The summed E-state index contributed by atoms with van der Waals surface area (Å²) in [6, 6.07) is 18.6. The molecule has 2 nitrogen and oxygen atoms in total. The van der Waals surface area contributed by atoms with Crippen LogP contribution in [0.2, 0.25) is 0 Å². The van der Waals surface area contributed by atoms with Gasteiger partial charge in [0.05, 0.1) is 13.2 Å². The van der Waals surface area contributed by atoms with E-state index in [0.29, 0.717) is 11.8 Å². The lowest BCUT2D eigenvalue weighted by Crippen LogP contribution is -2.13. The van der Waals surface area contributed by atoms with Crippen molar-refractivity contribution in [2.75, 3.05) is 13.2 Å². The number of hydrogen-bond acceptors (Lipinski definition) is 6. The van der Waals surface area contributed by atoms with Crippen LogP contribution in [0.1, 0.15) is 140 Å². The predicted molar refractivity (Wildman–Crippen MR) is 245 cm³/mol. The summed E-state index contributed by atoms with van der Waals surface area (Å²) >= 11 is 7.64. The summed E-state index contributed by atoms with van der Waals surface area (Å²) in [4.78, 5) is 8.07. The summed E-state index contributed by atoms with van der Waals surface area (Å²) < 4.78 is 16.9. The van der Waals surface area contributed by atoms with Gasteiger partial charge in [0.1, 0.15) is 11.5 Å². The topological polar surface area (TPSA) is 18.5 Å². The Kier molecular flexibility index (Phi) is 15.8. The number of rotatable bonds is 24. The van der Waals surface area contributed by atoms with E-state index in [1.54, 1.807) is 0 Å². The van der Waals surface area contributed by atoms with Gasteiger partial charge in [-0.05, 0) is 111 Å². The average molecular weight is 801 g/mol. The minimum atomic E-state index is 0.586. The first-order valence-electron chi connectivity index (χ1n) is 21.3. The van der Waals surface area contributed by atoms with Gasteiger partial charge in [-0.15, -0.1) is 45.3 Å². The molecular formula is C48H64O2S4. The lowest BCUT2D eigenvalue weighted by atomic mass is 9.95. The second-order valence-corrected chi connectivity index (χ2v) is 20.4. The van der Waals surface area contributed by atoms with Gasteiger partial charge < -0.3 is 9.47 Å². The van der Waals surface area contributed by atoms with Gasteiger partial charge in [-0.3, -0.25) is 0 Å². The Morgan fingerprint density at radius 1 is 0.444 bits per heavy atom. The molecule has 0 saturated heterocycles. The fourth-order valence-electron chi connectivity index (χ4n) is 7.93. The second-order valence-electron chi connectivity index (χ2n) is 15.7. The summed E-state index contributed by atoms with van der Waals surface area (Å²) in [5.74, 6) is 3.25. The number of unbranched alkanes of at least 4 members (excludes halogenated alkanes) is 8. The Morgan fingerprint density at radius 3 is 1.46 bits per heavy atom. The molecule has 0 bridgehead atoms. The van der Waals surface area contributed by atoms with Gasteiger partial charge >= 0.3 is 0 Å². The molecular weight excluding hydrogens is 737 g/mol. The summed E-state index contributed by atoms with van der Waals surface area (Å²) in [7, 11) is 0. The van der Waals surface area contributed by atoms with E-state index in [1.165, 1.54) is 163 Å². The highest BCUT2D eigenvalue weighted by molar-refractivity contribution is 7.29. The standard InChI is InChI=1S/C48H64O2S4/c1-7-11-15-17-21-35(19-13-9-3)31-49-39-28-37-27-34(6)52-47(37)45-40(50-32-36(20-14-10-4)22-18-16-12-8-2)29-38-30-44(54-48(38)46(39)45)43-26-25-42(53-43)41-24-23-33(5)51-41/h23-30,35-36H,7-22,31-32H2,1-6H3. The molecule has 0 saturated carbocycles. The van der Waals surface area contributed by atoms with E-state index in [2.05, 4.69) is 90.1 Å². The van der Waals surface area contributed by atoms with E-state index >= 15 is 0 Å². The maximum absolute atomic E-state index is 7.11. The summed E-state index contributed by atoms with van der Waals surface area (Å²) in [5.41, 5.74) is 0. The van der Waals surface area contributed by atoms with Crippen molar-refractivity contribution >= 4 is 76.3 Å². The minimum absolute atomic E-state index is 0.586. The van der Waals surface area contributed by atoms with E-state index < -0.39 is 0 Å². The fraction of sp³-hybridized carbons (Fsp3) is 0.542. The minimum Gasteiger partial charge on any atom is -0.493 e. The van der Waals surface area contributed by atoms with Crippen molar-refractivity contribution in [2.45, 2.75) is 144 Å². The molecule has 0 radical (unpaired) electrons. The average Bonchev–Trinajstić information content (AvgIpc) is 3.99. The van der Waals surface area contributed by atoms with Gasteiger partial charge in [-0.2, -0.15) is 0 Å². The molecule has 0 aliphatic heterocycles. The van der Waals surface area contributed by atoms with Crippen LogP contribution in [0.5, 0.6) is 11.5 Å². The summed E-state index contributed by atoms with van der Waals surface area (Å²) in [5, 5.41) is 5.07. The van der Waals surface area contributed by atoms with Crippen molar-refractivity contribution in [2.24, 2.45) is 11.8 Å². The van der Waals surface area contributed by atoms with Crippen LogP contribution in [-0.2, 0) is 0 Å². The number of aryl methyl sites for hydroxylation is 2. The fourth-order valence-corrected chi connectivity index (χ4v) is 12.2. The van der Waals surface area contributed by atoms with Crippen LogP contribution in [0.3, 0.4) is 0 Å². The number of thiophene rings is 4. The molecule has 0 amide bonds. The Morgan fingerprint density at radius 2 is 0.926 bits per heavy atom. The molecule has 0 N–H and O–H groups in total. The van der Waals surface area contributed by atoms with Crippen molar-refractivity contribution in [3.63, 3.8) is 0 Å². The van der Waals surface area contributed by atoms with E-state index in [9.17, 15) is 0 Å². The highest BCUT2D eigenvalue weighted by atomic mass is 32.1. The number of ether oxygens (including phenoxy) is 2. The zero-order valence-electron chi connectivity index (χ0n) is 34.0. The maximum atomic E-state index is 7.11. The summed E-state index contributed by atoms with van der Waals surface area (Å²) in [6.07, 6.45) is 20.5. The highest BCUT2D eigenvalue weighted by Crippen LogP contribution is 2.51. The van der Waals surface area contributed by atoms with Crippen LogP contribution in [0.15, 0.2) is 48.5 Å². The van der Waals surface area contributed by atoms with Crippen molar-refractivity contribution < 1.29 is 9.47 Å². The van der Waals surface area contributed by atoms with Crippen LogP contribution in [0, 0.1) is 25.7 Å². The van der Waals surface area contributed by atoms with E-state index in [4.69, 9.17) is 9.47 Å². The molecule has 0 aliphatic carbocycles. The third-order valence-electron chi connectivity index (χ3n) is 11.1. The van der Waals surface area contributed by atoms with E-state index in [-0.39, 0.29) is 0 Å². The van der Waals surface area contributed by atoms with Crippen molar-refractivity contribution in [1.82, 2.24) is 0 Å². The third-order valence-corrected chi connectivity index (χ3v) is 15.8. The first-order chi connectivity index (χ1) is 26.4. The molecule has 0 spiro atoms. The van der Waals surface area contributed by atoms with E-state index in [0.717, 1.165) is 24.7 Å². The SMILES string of the molecule is CCCCCCC(CCCC)COc1cc2cc(-c3ccc(-c4ccc(C)s4)s3)sc2c2c(OCC(CCCC)CCCCCC)cc3cc(C)sc3c12. The van der Waals surface area contributed by atoms with Gasteiger partial charge in [0, 0.05) is 49.4 Å². The third kappa shape index (κ3) is 10.5. The maximum Gasteiger partial charge on any atom is 0.129 e. The molecule has 4 heterocycles. The lowest BCUT2D eigenvalue weighted by Gasteiger charge is -2.21. The predicted octanol–water partition coefficient (Wildman–Crippen LogP) is 17.7. The van der Waals surface area contributed by atoms with Gasteiger partial charge in [-0.1, -0.05) is 105 Å². The van der Waals surface area contributed by atoms with Gasteiger partial charge in [0.25, 0.3) is 0 Å². The highest BCUT2D eigenvalue weighted by Gasteiger charge is 2.23. The molecule has 292 valence electrons. The zero-order valence-corrected chi connectivity index (χ0v) is 37.2. The molecule has 0 fully saturated rings. The lowest BCUT2D eigenvalue weighted by molar-refractivity contribution is 0.226. The quantitative estimate of drug-likeness (QED) is 0.0568. The Balaban J connectivity index is 1.43. The van der Waals surface area contributed by atoms with Gasteiger partial charge in [-0.25, -0.2) is 0 Å². The number of hydrogen-bond donors (Lipinski definition) is 0. The molecule has 6 heteroatoms. The monoisotopic (exact) mass is 800 g/mol. The number of fused-ring (bicyclic) bond motifs is 5. The molecule has 54 heavy (non-hydrogen) atoms. The van der Waals surface area contributed by atoms with Crippen molar-refractivity contribution in [3.05, 3.63) is 58.3 Å². The van der Waals surface area contributed by atoms with E-state index in [1.807, 2.05) is 45.3 Å². The molecule has 6 rings (SSSR count). The molecule has 2 aromatic carbocycles. The molecule has 6 aromatic rings. The largest absolute Gasteiger partial charge is 0.493 e. The van der Waals surface area contributed by atoms with Crippen LogP contribution in [0.25, 0.3) is 50.5 Å². The first-order valence-corrected chi connectivity index (χ1v) is 24.5. The zero-order chi connectivity index (χ0) is 37.9. The Hall–Kier alpha value is -2.38. The molecule has 2 atom stereocenters.